The number of ether oxygens (including phenoxy) is 1. The molecule has 0 spiro atoms. The lowest BCUT2D eigenvalue weighted by molar-refractivity contribution is -0.0498. The third-order valence-electron chi connectivity index (χ3n) is 4.53. The number of carbonyl (C=O) groups excluding carboxylic acids is 2. The quantitative estimate of drug-likeness (QED) is 0.735. The van der Waals surface area contributed by atoms with Gasteiger partial charge in [-0.3, -0.25) is 9.59 Å². The molecule has 3 rings (SSSR count). The molecule has 1 atom stereocenters. The van der Waals surface area contributed by atoms with Crippen LogP contribution >= 0.6 is 0 Å². The predicted molar refractivity (Wildman–Crippen MR) is 92.4 cm³/mol. The summed E-state index contributed by atoms with van der Waals surface area (Å²) in [6.45, 7) is -2.14. The van der Waals surface area contributed by atoms with Crippen LogP contribution in [0.3, 0.4) is 0 Å². The highest BCUT2D eigenvalue weighted by atomic mass is 19.3. The largest absolute Gasteiger partial charge is 0.435 e. The lowest BCUT2D eigenvalue weighted by Gasteiger charge is -2.32. The summed E-state index contributed by atoms with van der Waals surface area (Å²) in [5.74, 6) is -1.17. The molecule has 1 fully saturated rings. The number of benzene rings is 2. The van der Waals surface area contributed by atoms with Crippen molar-refractivity contribution >= 4 is 11.7 Å². The van der Waals surface area contributed by atoms with Crippen molar-refractivity contribution in [1.82, 2.24) is 4.90 Å². The molecular weight excluding hydrogens is 359 g/mol. The number of halogens is 3. The second-order valence-corrected chi connectivity index (χ2v) is 6.36. The van der Waals surface area contributed by atoms with Crippen LogP contribution in [0.1, 0.15) is 33.6 Å². The Bertz CT molecular complexity index is 806. The van der Waals surface area contributed by atoms with E-state index >= 15 is 0 Å². The van der Waals surface area contributed by atoms with Gasteiger partial charge < -0.3 is 9.64 Å². The SMILES string of the molecule is O=C(c1ccc(F)cc1)[C@H]1CCCN(C(=O)c2ccc(OC(F)F)cc2)C1. The van der Waals surface area contributed by atoms with Crippen LogP contribution < -0.4 is 4.74 Å². The smallest absolute Gasteiger partial charge is 0.387 e. The fraction of sp³-hybridized carbons (Fsp3) is 0.300. The Labute approximate surface area is 154 Å². The van der Waals surface area contributed by atoms with E-state index in [4.69, 9.17) is 0 Å². The van der Waals surface area contributed by atoms with Gasteiger partial charge in [0.2, 0.25) is 0 Å². The predicted octanol–water partition coefficient (Wildman–Crippen LogP) is 4.16. The average molecular weight is 377 g/mol. The van der Waals surface area contributed by atoms with Gasteiger partial charge in [0.1, 0.15) is 11.6 Å². The van der Waals surface area contributed by atoms with Crippen molar-refractivity contribution in [3.8, 4) is 5.75 Å². The summed E-state index contributed by atoms with van der Waals surface area (Å²) in [6, 6.07) is 10.8. The minimum absolute atomic E-state index is 0.0236. The van der Waals surface area contributed by atoms with Gasteiger partial charge >= 0.3 is 6.61 Å². The molecule has 7 heteroatoms. The van der Waals surface area contributed by atoms with Crippen LogP contribution in [0.25, 0.3) is 0 Å². The normalized spacial score (nSPS) is 17.0. The molecule has 2 aromatic carbocycles. The lowest BCUT2D eigenvalue weighted by Crippen LogP contribution is -2.42. The van der Waals surface area contributed by atoms with Gasteiger partial charge in [0.05, 0.1) is 0 Å². The maximum Gasteiger partial charge on any atom is 0.387 e. The molecule has 4 nitrogen and oxygen atoms in total. The second kappa shape index (κ2) is 8.24. The van der Waals surface area contributed by atoms with E-state index in [1.165, 1.54) is 48.5 Å². The van der Waals surface area contributed by atoms with Crippen molar-refractivity contribution in [1.29, 1.82) is 0 Å². The van der Waals surface area contributed by atoms with Crippen LogP contribution in [0.2, 0.25) is 0 Å². The van der Waals surface area contributed by atoms with Crippen LogP contribution in [0, 0.1) is 11.7 Å². The average Bonchev–Trinajstić information content (AvgIpc) is 2.68. The Morgan fingerprint density at radius 3 is 2.26 bits per heavy atom. The lowest BCUT2D eigenvalue weighted by atomic mass is 9.89. The summed E-state index contributed by atoms with van der Waals surface area (Å²) in [4.78, 5) is 26.9. The van der Waals surface area contributed by atoms with Crippen molar-refractivity contribution in [3.63, 3.8) is 0 Å². The highest BCUT2D eigenvalue weighted by Gasteiger charge is 2.29. The number of amides is 1. The fourth-order valence-corrected chi connectivity index (χ4v) is 3.19. The van der Waals surface area contributed by atoms with E-state index in [-0.39, 0.29) is 29.9 Å². The number of nitrogens with zero attached hydrogens (tertiary/aromatic N) is 1. The number of hydrogen-bond donors (Lipinski definition) is 0. The number of hydrogen-bond acceptors (Lipinski definition) is 3. The van der Waals surface area contributed by atoms with Gasteiger partial charge in [-0.15, -0.1) is 0 Å². The Balaban J connectivity index is 1.67. The van der Waals surface area contributed by atoms with Crippen LogP contribution in [0.5, 0.6) is 5.75 Å². The monoisotopic (exact) mass is 377 g/mol. The third-order valence-corrected chi connectivity index (χ3v) is 4.53. The van der Waals surface area contributed by atoms with Gasteiger partial charge in [0.25, 0.3) is 5.91 Å². The number of likely N-dealkylation sites (tertiary alicyclic amines) is 1. The number of rotatable bonds is 5. The second-order valence-electron chi connectivity index (χ2n) is 6.36. The molecule has 0 bridgehead atoms. The molecule has 142 valence electrons. The molecule has 1 amide bonds. The minimum atomic E-state index is -2.92. The van der Waals surface area contributed by atoms with Gasteiger partial charge in [-0.2, -0.15) is 8.78 Å². The molecule has 1 aliphatic heterocycles. The zero-order chi connectivity index (χ0) is 19.4. The summed E-state index contributed by atoms with van der Waals surface area (Å²) in [6.07, 6.45) is 1.33. The Kier molecular flexibility index (Phi) is 5.78. The maximum absolute atomic E-state index is 13.0. The molecule has 0 N–H and O–H groups in total. The highest BCUT2D eigenvalue weighted by molar-refractivity contribution is 5.99. The summed E-state index contributed by atoms with van der Waals surface area (Å²) >= 11 is 0. The number of alkyl halides is 2. The molecule has 0 saturated carbocycles. The van der Waals surface area contributed by atoms with Crippen LogP contribution in [-0.4, -0.2) is 36.3 Å². The molecule has 0 aromatic heterocycles. The van der Waals surface area contributed by atoms with Gasteiger partial charge in [0, 0.05) is 30.1 Å². The molecule has 0 unspecified atom stereocenters. The first kappa shape index (κ1) is 18.9. The fourth-order valence-electron chi connectivity index (χ4n) is 3.19. The van der Waals surface area contributed by atoms with E-state index in [9.17, 15) is 22.8 Å². The number of piperidine rings is 1. The van der Waals surface area contributed by atoms with Crippen molar-refractivity contribution in [2.24, 2.45) is 5.92 Å². The first-order valence-corrected chi connectivity index (χ1v) is 8.58. The van der Waals surface area contributed by atoms with Gasteiger partial charge in [-0.05, 0) is 61.4 Å². The summed E-state index contributed by atoms with van der Waals surface area (Å²) in [5.41, 5.74) is 0.760. The van der Waals surface area contributed by atoms with E-state index < -0.39 is 12.4 Å². The van der Waals surface area contributed by atoms with E-state index in [0.717, 1.165) is 0 Å². The molecule has 1 saturated heterocycles. The minimum Gasteiger partial charge on any atom is -0.435 e. The topological polar surface area (TPSA) is 46.6 Å². The van der Waals surface area contributed by atoms with E-state index in [1.807, 2.05) is 0 Å². The number of carbonyl (C=O) groups is 2. The van der Waals surface area contributed by atoms with Crippen molar-refractivity contribution in [3.05, 3.63) is 65.5 Å². The highest BCUT2D eigenvalue weighted by Crippen LogP contribution is 2.23. The standard InChI is InChI=1S/C20H18F3NO3/c21-16-7-3-13(4-8-16)18(25)15-2-1-11-24(12-15)19(26)14-5-9-17(10-6-14)27-20(22)23/h3-10,15,20H,1-2,11-12H2/t15-/m0/s1. The zero-order valence-electron chi connectivity index (χ0n) is 14.4. The molecule has 0 aliphatic carbocycles. The molecular formula is C20H18F3NO3. The summed E-state index contributed by atoms with van der Waals surface area (Å²) in [7, 11) is 0. The van der Waals surface area contributed by atoms with E-state index in [2.05, 4.69) is 4.74 Å². The number of Topliss-reactive ketones (excluding diaryl/α,β-unsaturated/α-hetero) is 1. The molecule has 2 aromatic rings. The number of ketones is 1. The first-order valence-electron chi connectivity index (χ1n) is 8.58. The first-order chi connectivity index (χ1) is 12.9. The Hall–Kier alpha value is -2.83. The summed E-state index contributed by atoms with van der Waals surface area (Å²) in [5, 5.41) is 0. The van der Waals surface area contributed by atoms with E-state index in [0.29, 0.717) is 30.5 Å². The third kappa shape index (κ3) is 4.67. The maximum atomic E-state index is 13.0. The molecule has 1 heterocycles. The molecule has 27 heavy (non-hydrogen) atoms. The van der Waals surface area contributed by atoms with Crippen LogP contribution in [0.15, 0.2) is 48.5 Å². The van der Waals surface area contributed by atoms with Crippen LogP contribution in [-0.2, 0) is 0 Å². The van der Waals surface area contributed by atoms with E-state index in [1.54, 1.807) is 4.90 Å². The summed E-state index contributed by atoms with van der Waals surface area (Å²) < 4.78 is 41.7. The van der Waals surface area contributed by atoms with Crippen LogP contribution in [0.4, 0.5) is 13.2 Å². The van der Waals surface area contributed by atoms with Crippen molar-refractivity contribution in [2.75, 3.05) is 13.1 Å². The molecule has 0 radical (unpaired) electrons. The Morgan fingerprint density at radius 1 is 1.00 bits per heavy atom. The van der Waals surface area contributed by atoms with Gasteiger partial charge in [0.15, 0.2) is 5.78 Å². The Morgan fingerprint density at radius 2 is 1.63 bits per heavy atom. The molecule has 1 aliphatic rings. The zero-order valence-corrected chi connectivity index (χ0v) is 14.4. The van der Waals surface area contributed by atoms with Gasteiger partial charge in [-0.1, -0.05) is 0 Å². The van der Waals surface area contributed by atoms with Crippen molar-refractivity contribution < 1.29 is 27.5 Å². The van der Waals surface area contributed by atoms with Gasteiger partial charge in [-0.25, -0.2) is 4.39 Å². The van der Waals surface area contributed by atoms with Crippen molar-refractivity contribution in [2.45, 2.75) is 19.5 Å².